The Kier molecular flexibility index (Phi) is 3.25. The molecule has 0 radical (unpaired) electrons. The molecule has 1 aromatic carbocycles. The number of rotatable bonds is 2. The van der Waals surface area contributed by atoms with E-state index >= 15 is 0 Å². The third-order valence-electron chi connectivity index (χ3n) is 1.27. The largest absolute Gasteiger partial charge is 0.493 e. The van der Waals surface area contributed by atoms with E-state index in [4.69, 9.17) is 4.74 Å². The number of ether oxygens (including phenoxy) is 1. The van der Waals surface area contributed by atoms with Gasteiger partial charge in [0.2, 0.25) is 0 Å². The highest BCUT2D eigenvalue weighted by Gasteiger charge is 2.07. The topological polar surface area (TPSA) is 9.23 Å². The van der Waals surface area contributed by atoms with Gasteiger partial charge in [0, 0.05) is 6.07 Å². The zero-order chi connectivity index (χ0) is 9.14. The summed E-state index contributed by atoms with van der Waals surface area (Å²) in [6.45, 7) is 2.23. The van der Waals surface area contributed by atoms with Crippen LogP contribution in [0.5, 0.6) is 5.75 Å². The number of benzene rings is 1. The van der Waals surface area contributed by atoms with E-state index in [2.05, 4.69) is 0 Å². The first kappa shape index (κ1) is 9.70. The lowest BCUT2D eigenvalue weighted by Crippen LogP contribution is -1.96. The summed E-state index contributed by atoms with van der Waals surface area (Å²) in [4.78, 5) is 0. The molecule has 0 N–H and O–H groups in total. The Labute approximate surface area is 82.9 Å². The maximum atomic E-state index is 12.6. The molecule has 0 aliphatic rings. The molecular weight excluding hydrogens is 277 g/mol. The van der Waals surface area contributed by atoms with Gasteiger partial charge in [-0.25, -0.2) is 8.78 Å². The van der Waals surface area contributed by atoms with Gasteiger partial charge >= 0.3 is 0 Å². The molecule has 0 aromatic heterocycles. The van der Waals surface area contributed by atoms with Gasteiger partial charge < -0.3 is 4.74 Å². The minimum atomic E-state index is -0.876. The molecule has 66 valence electrons. The Bertz CT molecular complexity index is 289. The van der Waals surface area contributed by atoms with E-state index in [1.165, 1.54) is 0 Å². The lowest BCUT2D eigenvalue weighted by atomic mass is 10.3. The van der Waals surface area contributed by atoms with Crippen LogP contribution in [-0.2, 0) is 0 Å². The van der Waals surface area contributed by atoms with Crippen molar-refractivity contribution >= 4 is 22.6 Å². The summed E-state index contributed by atoms with van der Waals surface area (Å²) in [6.07, 6.45) is 0. The molecule has 0 amide bonds. The third kappa shape index (κ3) is 2.06. The van der Waals surface area contributed by atoms with Crippen LogP contribution in [0.4, 0.5) is 8.78 Å². The van der Waals surface area contributed by atoms with Crippen molar-refractivity contribution in [3.05, 3.63) is 27.3 Å². The molecule has 0 bridgehead atoms. The molecule has 1 rings (SSSR count). The molecule has 0 saturated heterocycles. The smallest absolute Gasteiger partial charge is 0.162 e. The fourth-order valence-electron chi connectivity index (χ4n) is 0.770. The highest BCUT2D eigenvalue weighted by Crippen LogP contribution is 2.23. The SMILES string of the molecule is CCOc1cc(F)c(F)cc1I. The fourth-order valence-corrected chi connectivity index (χ4v) is 1.36. The Morgan fingerprint density at radius 3 is 2.50 bits per heavy atom. The molecule has 0 saturated carbocycles. The first-order chi connectivity index (χ1) is 5.65. The van der Waals surface area contributed by atoms with Crippen molar-refractivity contribution in [1.82, 2.24) is 0 Å². The summed E-state index contributed by atoms with van der Waals surface area (Å²) >= 11 is 1.89. The van der Waals surface area contributed by atoms with Gasteiger partial charge in [-0.15, -0.1) is 0 Å². The molecule has 4 heteroatoms. The zero-order valence-electron chi connectivity index (χ0n) is 6.40. The van der Waals surface area contributed by atoms with Crippen LogP contribution in [0.25, 0.3) is 0 Å². The van der Waals surface area contributed by atoms with Crippen molar-refractivity contribution in [2.45, 2.75) is 6.92 Å². The highest BCUT2D eigenvalue weighted by atomic mass is 127. The molecule has 1 aromatic rings. The first-order valence-corrected chi connectivity index (χ1v) is 4.50. The fraction of sp³-hybridized carbons (Fsp3) is 0.250. The summed E-state index contributed by atoms with van der Waals surface area (Å²) < 4.78 is 30.8. The van der Waals surface area contributed by atoms with Crippen LogP contribution >= 0.6 is 22.6 Å². The number of hydrogen-bond acceptors (Lipinski definition) is 1. The van der Waals surface area contributed by atoms with Gasteiger partial charge in [-0.2, -0.15) is 0 Å². The summed E-state index contributed by atoms with van der Waals surface area (Å²) in [6, 6.07) is 2.17. The summed E-state index contributed by atoms with van der Waals surface area (Å²) in [5.41, 5.74) is 0. The van der Waals surface area contributed by atoms with Crippen molar-refractivity contribution in [3.8, 4) is 5.75 Å². The molecule has 0 spiro atoms. The van der Waals surface area contributed by atoms with E-state index in [1.807, 2.05) is 22.6 Å². The van der Waals surface area contributed by atoms with Crippen molar-refractivity contribution < 1.29 is 13.5 Å². The van der Waals surface area contributed by atoms with Crippen molar-refractivity contribution in [1.29, 1.82) is 0 Å². The Hall–Kier alpha value is -0.390. The normalized spacial score (nSPS) is 10.0. The second kappa shape index (κ2) is 4.02. The van der Waals surface area contributed by atoms with Gasteiger partial charge in [-0.1, -0.05) is 0 Å². The van der Waals surface area contributed by atoms with Crippen LogP contribution in [0.2, 0.25) is 0 Å². The van der Waals surface area contributed by atoms with Gasteiger partial charge in [0.25, 0.3) is 0 Å². The molecular formula is C8H7F2IO. The standard InChI is InChI=1S/C8H7F2IO/c1-2-12-8-4-6(10)5(9)3-7(8)11/h3-4H,2H2,1H3. The molecule has 0 aliphatic heterocycles. The second-order valence-corrected chi connectivity index (χ2v) is 3.29. The van der Waals surface area contributed by atoms with E-state index in [0.717, 1.165) is 12.1 Å². The van der Waals surface area contributed by atoms with Gasteiger partial charge in [0.1, 0.15) is 5.75 Å². The van der Waals surface area contributed by atoms with Crippen molar-refractivity contribution in [2.75, 3.05) is 6.61 Å². The number of hydrogen-bond donors (Lipinski definition) is 0. The maximum Gasteiger partial charge on any atom is 0.162 e. The zero-order valence-corrected chi connectivity index (χ0v) is 8.56. The minimum absolute atomic E-state index is 0.386. The van der Waals surface area contributed by atoms with Crippen LogP contribution in [0.1, 0.15) is 6.92 Å². The van der Waals surface area contributed by atoms with Crippen LogP contribution in [0, 0.1) is 15.2 Å². The van der Waals surface area contributed by atoms with Crippen LogP contribution < -0.4 is 4.74 Å². The minimum Gasteiger partial charge on any atom is -0.493 e. The van der Waals surface area contributed by atoms with Gasteiger partial charge in [-0.3, -0.25) is 0 Å². The summed E-state index contributed by atoms with van der Waals surface area (Å²) in [5, 5.41) is 0. The van der Waals surface area contributed by atoms with E-state index < -0.39 is 11.6 Å². The molecule has 1 nitrogen and oxygen atoms in total. The molecule has 0 aliphatic carbocycles. The molecule has 12 heavy (non-hydrogen) atoms. The first-order valence-electron chi connectivity index (χ1n) is 3.42. The molecule has 0 unspecified atom stereocenters. The van der Waals surface area contributed by atoms with Crippen LogP contribution in [0.15, 0.2) is 12.1 Å². The third-order valence-corrected chi connectivity index (χ3v) is 2.12. The molecule has 0 heterocycles. The average molecular weight is 284 g/mol. The predicted octanol–water partition coefficient (Wildman–Crippen LogP) is 2.97. The van der Waals surface area contributed by atoms with Gasteiger partial charge in [0.15, 0.2) is 11.6 Å². The molecule has 0 fully saturated rings. The Morgan fingerprint density at radius 2 is 1.92 bits per heavy atom. The van der Waals surface area contributed by atoms with Crippen molar-refractivity contribution in [2.24, 2.45) is 0 Å². The Balaban J connectivity index is 3.05. The summed E-state index contributed by atoms with van der Waals surface area (Å²) in [7, 11) is 0. The van der Waals surface area contributed by atoms with Crippen LogP contribution in [-0.4, -0.2) is 6.61 Å². The summed E-state index contributed by atoms with van der Waals surface area (Å²) in [5.74, 6) is -1.33. The van der Waals surface area contributed by atoms with E-state index in [9.17, 15) is 8.78 Å². The van der Waals surface area contributed by atoms with E-state index in [-0.39, 0.29) is 0 Å². The van der Waals surface area contributed by atoms with Crippen molar-refractivity contribution in [3.63, 3.8) is 0 Å². The van der Waals surface area contributed by atoms with Crippen LogP contribution in [0.3, 0.4) is 0 Å². The second-order valence-electron chi connectivity index (χ2n) is 2.13. The van der Waals surface area contributed by atoms with E-state index in [0.29, 0.717) is 15.9 Å². The van der Waals surface area contributed by atoms with Gasteiger partial charge in [0.05, 0.1) is 10.2 Å². The number of halogens is 3. The lowest BCUT2D eigenvalue weighted by Gasteiger charge is -2.05. The van der Waals surface area contributed by atoms with E-state index in [1.54, 1.807) is 6.92 Å². The predicted molar refractivity (Wildman–Crippen MR) is 50.2 cm³/mol. The molecule has 0 atom stereocenters. The Morgan fingerprint density at radius 1 is 1.33 bits per heavy atom. The highest BCUT2D eigenvalue weighted by molar-refractivity contribution is 14.1. The average Bonchev–Trinajstić information content (AvgIpc) is 2.01. The quantitative estimate of drug-likeness (QED) is 0.599. The van der Waals surface area contributed by atoms with Gasteiger partial charge in [-0.05, 0) is 35.6 Å². The monoisotopic (exact) mass is 284 g/mol. The lowest BCUT2D eigenvalue weighted by molar-refractivity contribution is 0.334. The maximum absolute atomic E-state index is 12.6.